The zero-order valence-corrected chi connectivity index (χ0v) is 13.7. The standard InChI is InChI=1S/C19H27NO3/c1-2-12-22-18-9-8-17-19(18)23-14-11-20(17)10-13-21-15-16-6-4-3-5-7-16/h2-7,17-19H,1,8-15H2/t17-,18-,19+/m1/s1. The average molecular weight is 317 g/mol. The van der Waals surface area contributed by atoms with E-state index in [2.05, 4.69) is 23.6 Å². The van der Waals surface area contributed by atoms with Gasteiger partial charge < -0.3 is 14.2 Å². The van der Waals surface area contributed by atoms with Gasteiger partial charge >= 0.3 is 0 Å². The molecular weight excluding hydrogens is 290 g/mol. The highest BCUT2D eigenvalue weighted by Gasteiger charge is 2.42. The molecule has 126 valence electrons. The molecule has 2 aliphatic rings. The van der Waals surface area contributed by atoms with Gasteiger partial charge in [0.25, 0.3) is 0 Å². The summed E-state index contributed by atoms with van der Waals surface area (Å²) in [5, 5.41) is 0. The van der Waals surface area contributed by atoms with Crippen LogP contribution in [0.15, 0.2) is 43.0 Å². The first-order valence-electron chi connectivity index (χ1n) is 8.58. The number of fused-ring (bicyclic) bond motifs is 1. The fraction of sp³-hybridized carbons (Fsp3) is 0.579. The Bertz CT molecular complexity index is 479. The van der Waals surface area contributed by atoms with Crippen molar-refractivity contribution in [1.29, 1.82) is 0 Å². The Morgan fingerprint density at radius 1 is 1.26 bits per heavy atom. The van der Waals surface area contributed by atoms with Gasteiger partial charge in [-0.3, -0.25) is 4.90 Å². The van der Waals surface area contributed by atoms with Crippen molar-refractivity contribution in [3.63, 3.8) is 0 Å². The number of nitrogens with zero attached hydrogens (tertiary/aromatic N) is 1. The zero-order valence-electron chi connectivity index (χ0n) is 13.7. The van der Waals surface area contributed by atoms with E-state index < -0.39 is 0 Å². The van der Waals surface area contributed by atoms with Crippen molar-refractivity contribution in [1.82, 2.24) is 4.90 Å². The molecule has 1 saturated carbocycles. The molecule has 23 heavy (non-hydrogen) atoms. The van der Waals surface area contributed by atoms with E-state index in [1.54, 1.807) is 0 Å². The molecule has 1 aliphatic heterocycles. The Kier molecular flexibility index (Phi) is 6.22. The SMILES string of the molecule is C=CCO[C@@H]1CC[C@@H]2[C@@H]1OCCN2CCOCc1ccccc1. The summed E-state index contributed by atoms with van der Waals surface area (Å²) in [6.07, 6.45) is 4.45. The van der Waals surface area contributed by atoms with E-state index in [0.29, 0.717) is 19.3 Å². The van der Waals surface area contributed by atoms with Gasteiger partial charge in [-0.05, 0) is 18.4 Å². The number of hydrogen-bond acceptors (Lipinski definition) is 4. The van der Waals surface area contributed by atoms with Crippen LogP contribution in [0, 0.1) is 0 Å². The lowest BCUT2D eigenvalue weighted by Crippen LogP contribution is -2.52. The first-order valence-corrected chi connectivity index (χ1v) is 8.58. The van der Waals surface area contributed by atoms with E-state index in [-0.39, 0.29) is 12.2 Å². The van der Waals surface area contributed by atoms with Gasteiger partial charge in [-0.1, -0.05) is 36.4 Å². The molecule has 0 radical (unpaired) electrons. The van der Waals surface area contributed by atoms with Gasteiger partial charge in [0.1, 0.15) is 0 Å². The maximum Gasteiger partial charge on any atom is 0.0992 e. The van der Waals surface area contributed by atoms with Crippen LogP contribution in [0.1, 0.15) is 18.4 Å². The molecule has 0 amide bonds. The van der Waals surface area contributed by atoms with E-state index in [4.69, 9.17) is 14.2 Å². The van der Waals surface area contributed by atoms with E-state index in [1.807, 2.05) is 24.3 Å². The number of morpholine rings is 1. The van der Waals surface area contributed by atoms with Crippen LogP contribution in [-0.4, -0.2) is 56.1 Å². The summed E-state index contributed by atoms with van der Waals surface area (Å²) in [6, 6.07) is 10.8. The van der Waals surface area contributed by atoms with Crippen molar-refractivity contribution in [3.8, 4) is 0 Å². The van der Waals surface area contributed by atoms with Crippen LogP contribution in [0.4, 0.5) is 0 Å². The van der Waals surface area contributed by atoms with Gasteiger partial charge in [-0.15, -0.1) is 6.58 Å². The van der Waals surface area contributed by atoms with Gasteiger partial charge in [0.15, 0.2) is 0 Å². The third-order valence-electron chi connectivity index (χ3n) is 4.71. The monoisotopic (exact) mass is 317 g/mol. The Morgan fingerprint density at radius 2 is 2.13 bits per heavy atom. The molecule has 1 aliphatic carbocycles. The molecule has 1 aromatic carbocycles. The molecule has 4 heteroatoms. The Balaban J connectivity index is 1.42. The Hall–Kier alpha value is -1.20. The van der Waals surface area contributed by atoms with Crippen molar-refractivity contribution < 1.29 is 14.2 Å². The maximum atomic E-state index is 5.98. The van der Waals surface area contributed by atoms with Crippen LogP contribution < -0.4 is 0 Å². The minimum atomic E-state index is 0.206. The summed E-state index contributed by atoms with van der Waals surface area (Å²) in [5.74, 6) is 0. The second-order valence-electron chi connectivity index (χ2n) is 6.21. The van der Waals surface area contributed by atoms with Gasteiger partial charge in [0.05, 0.1) is 38.6 Å². The van der Waals surface area contributed by atoms with Crippen molar-refractivity contribution in [2.24, 2.45) is 0 Å². The Morgan fingerprint density at radius 3 is 2.96 bits per heavy atom. The highest BCUT2D eigenvalue weighted by molar-refractivity contribution is 5.13. The molecule has 2 fully saturated rings. The molecule has 0 unspecified atom stereocenters. The number of benzene rings is 1. The van der Waals surface area contributed by atoms with Gasteiger partial charge in [0, 0.05) is 19.1 Å². The third kappa shape index (κ3) is 4.42. The second kappa shape index (κ2) is 8.60. The van der Waals surface area contributed by atoms with E-state index in [1.165, 1.54) is 5.56 Å². The summed E-state index contributed by atoms with van der Waals surface area (Å²) in [7, 11) is 0. The molecule has 0 spiro atoms. The fourth-order valence-corrected chi connectivity index (χ4v) is 3.59. The first kappa shape index (κ1) is 16.7. The number of rotatable bonds is 8. The third-order valence-corrected chi connectivity index (χ3v) is 4.71. The summed E-state index contributed by atoms with van der Waals surface area (Å²) in [5.41, 5.74) is 1.23. The van der Waals surface area contributed by atoms with Crippen molar-refractivity contribution in [3.05, 3.63) is 48.6 Å². The molecule has 3 rings (SSSR count). The summed E-state index contributed by atoms with van der Waals surface area (Å²) in [4.78, 5) is 2.51. The van der Waals surface area contributed by atoms with Crippen LogP contribution in [0.5, 0.6) is 0 Å². The summed E-state index contributed by atoms with van der Waals surface area (Å²) < 4.78 is 17.7. The van der Waals surface area contributed by atoms with Crippen molar-refractivity contribution >= 4 is 0 Å². The molecule has 0 bridgehead atoms. The van der Waals surface area contributed by atoms with Crippen LogP contribution in [-0.2, 0) is 20.8 Å². The molecule has 4 nitrogen and oxygen atoms in total. The van der Waals surface area contributed by atoms with Crippen LogP contribution in [0.3, 0.4) is 0 Å². The molecule has 1 aromatic rings. The highest BCUT2D eigenvalue weighted by Crippen LogP contribution is 2.31. The fourth-order valence-electron chi connectivity index (χ4n) is 3.59. The lowest BCUT2D eigenvalue weighted by molar-refractivity contribution is -0.112. The van der Waals surface area contributed by atoms with Crippen molar-refractivity contribution in [2.45, 2.75) is 37.7 Å². The van der Waals surface area contributed by atoms with E-state index in [0.717, 1.165) is 39.1 Å². The zero-order chi connectivity index (χ0) is 15.9. The van der Waals surface area contributed by atoms with Gasteiger partial charge in [0.2, 0.25) is 0 Å². The molecular formula is C19H27NO3. The largest absolute Gasteiger partial charge is 0.375 e. The molecule has 1 saturated heterocycles. The van der Waals surface area contributed by atoms with Crippen LogP contribution in [0.25, 0.3) is 0 Å². The predicted octanol–water partition coefficient (Wildman–Crippen LogP) is 2.64. The van der Waals surface area contributed by atoms with Crippen LogP contribution in [0.2, 0.25) is 0 Å². The number of hydrogen-bond donors (Lipinski definition) is 0. The maximum absolute atomic E-state index is 5.98. The Labute approximate surface area is 139 Å². The minimum absolute atomic E-state index is 0.206. The molecule has 0 aromatic heterocycles. The van der Waals surface area contributed by atoms with E-state index >= 15 is 0 Å². The van der Waals surface area contributed by atoms with Gasteiger partial charge in [-0.25, -0.2) is 0 Å². The molecule has 3 atom stereocenters. The lowest BCUT2D eigenvalue weighted by atomic mass is 10.1. The van der Waals surface area contributed by atoms with Crippen LogP contribution >= 0.6 is 0 Å². The van der Waals surface area contributed by atoms with E-state index in [9.17, 15) is 0 Å². The topological polar surface area (TPSA) is 30.9 Å². The smallest absolute Gasteiger partial charge is 0.0992 e. The quantitative estimate of drug-likeness (QED) is 0.545. The normalized spacial score (nSPS) is 27.7. The second-order valence-corrected chi connectivity index (χ2v) is 6.21. The van der Waals surface area contributed by atoms with Crippen molar-refractivity contribution in [2.75, 3.05) is 32.9 Å². The molecule has 1 heterocycles. The minimum Gasteiger partial charge on any atom is -0.375 e. The highest BCUT2D eigenvalue weighted by atomic mass is 16.5. The first-order chi connectivity index (χ1) is 11.4. The summed E-state index contributed by atoms with van der Waals surface area (Å²) in [6.45, 7) is 8.52. The summed E-state index contributed by atoms with van der Waals surface area (Å²) >= 11 is 0. The number of ether oxygens (including phenoxy) is 3. The lowest BCUT2D eigenvalue weighted by Gasteiger charge is -2.38. The molecule has 0 N–H and O–H groups in total. The van der Waals surface area contributed by atoms with Gasteiger partial charge in [-0.2, -0.15) is 0 Å². The predicted molar refractivity (Wildman–Crippen MR) is 90.4 cm³/mol. The average Bonchev–Trinajstić information content (AvgIpc) is 3.02.